The van der Waals surface area contributed by atoms with Crippen LogP contribution in [0.1, 0.15) is 32.1 Å². The van der Waals surface area contributed by atoms with Crippen LogP contribution in [0.4, 0.5) is 11.9 Å². The molecule has 0 bridgehead atoms. The first kappa shape index (κ1) is 17.1. The van der Waals surface area contributed by atoms with Crippen LogP contribution in [0.2, 0.25) is 0 Å². The van der Waals surface area contributed by atoms with Gasteiger partial charge in [0.1, 0.15) is 0 Å². The molecule has 1 aliphatic rings. The number of fused-ring (bicyclic) bond motifs is 2. The summed E-state index contributed by atoms with van der Waals surface area (Å²) in [5.41, 5.74) is 16.9. The third-order valence-corrected chi connectivity index (χ3v) is 6.27. The Labute approximate surface area is 164 Å². The Bertz CT molecular complexity index is 1050. The van der Waals surface area contributed by atoms with E-state index in [0.29, 0.717) is 11.9 Å². The molecule has 4 aromatic rings. The van der Waals surface area contributed by atoms with Crippen LogP contribution >= 0.6 is 0 Å². The SMILES string of the molecule is Nc1nc2ccccc2n1CC1(Cn2c(N)nc3ccccc32)CCCCC1. The first-order chi connectivity index (χ1) is 13.7. The molecule has 0 atom stereocenters. The lowest BCUT2D eigenvalue weighted by molar-refractivity contribution is 0.134. The second-order valence-corrected chi connectivity index (χ2v) is 8.15. The second kappa shape index (κ2) is 6.55. The molecule has 2 aromatic heterocycles. The number of anilines is 2. The van der Waals surface area contributed by atoms with Gasteiger partial charge < -0.3 is 20.6 Å². The minimum absolute atomic E-state index is 0.0907. The molecule has 6 nitrogen and oxygen atoms in total. The number of aromatic nitrogens is 4. The summed E-state index contributed by atoms with van der Waals surface area (Å²) in [6, 6.07) is 16.4. The third kappa shape index (κ3) is 2.80. The van der Waals surface area contributed by atoms with Crippen molar-refractivity contribution in [3.8, 4) is 0 Å². The van der Waals surface area contributed by atoms with Crippen molar-refractivity contribution >= 4 is 34.0 Å². The molecule has 5 rings (SSSR count). The molecule has 0 amide bonds. The zero-order valence-electron chi connectivity index (χ0n) is 16.0. The molecule has 0 radical (unpaired) electrons. The maximum Gasteiger partial charge on any atom is 0.201 e. The largest absolute Gasteiger partial charge is 0.369 e. The molecule has 1 fully saturated rings. The van der Waals surface area contributed by atoms with Crippen molar-refractivity contribution in [3.63, 3.8) is 0 Å². The normalized spacial score (nSPS) is 16.7. The molecule has 28 heavy (non-hydrogen) atoms. The van der Waals surface area contributed by atoms with Crippen molar-refractivity contribution in [1.82, 2.24) is 19.1 Å². The van der Waals surface area contributed by atoms with Crippen LogP contribution in [0.25, 0.3) is 22.1 Å². The summed E-state index contributed by atoms with van der Waals surface area (Å²) in [4.78, 5) is 9.14. The molecule has 6 heteroatoms. The molecule has 2 heterocycles. The van der Waals surface area contributed by atoms with E-state index in [-0.39, 0.29) is 5.41 Å². The van der Waals surface area contributed by atoms with Crippen molar-refractivity contribution < 1.29 is 0 Å². The number of nitrogen functional groups attached to an aromatic ring is 2. The summed E-state index contributed by atoms with van der Waals surface area (Å²) in [7, 11) is 0. The van der Waals surface area contributed by atoms with Crippen LogP contribution in [0.5, 0.6) is 0 Å². The maximum absolute atomic E-state index is 6.33. The van der Waals surface area contributed by atoms with E-state index in [1.807, 2.05) is 24.3 Å². The fourth-order valence-electron chi connectivity index (χ4n) is 4.86. The van der Waals surface area contributed by atoms with Gasteiger partial charge in [0.2, 0.25) is 11.9 Å². The fraction of sp³-hybridized carbons (Fsp3) is 0.364. The zero-order valence-corrected chi connectivity index (χ0v) is 16.0. The van der Waals surface area contributed by atoms with E-state index in [0.717, 1.165) is 48.0 Å². The van der Waals surface area contributed by atoms with Crippen LogP contribution in [-0.4, -0.2) is 19.1 Å². The molecule has 0 spiro atoms. The average molecular weight is 374 g/mol. The summed E-state index contributed by atoms with van der Waals surface area (Å²) in [5.74, 6) is 1.18. The summed E-state index contributed by atoms with van der Waals surface area (Å²) in [6.07, 6.45) is 6.08. The Morgan fingerprint density at radius 1 is 0.714 bits per heavy atom. The molecule has 0 aliphatic heterocycles. The number of nitrogens with zero attached hydrogens (tertiary/aromatic N) is 4. The molecule has 0 unspecified atom stereocenters. The summed E-state index contributed by atoms with van der Waals surface area (Å²) in [5, 5.41) is 0. The Morgan fingerprint density at radius 3 is 1.68 bits per heavy atom. The monoisotopic (exact) mass is 374 g/mol. The highest BCUT2D eigenvalue weighted by molar-refractivity contribution is 5.79. The highest BCUT2D eigenvalue weighted by Gasteiger charge is 2.35. The molecular weight excluding hydrogens is 348 g/mol. The number of hydrogen-bond donors (Lipinski definition) is 2. The van der Waals surface area contributed by atoms with E-state index in [4.69, 9.17) is 11.5 Å². The second-order valence-electron chi connectivity index (χ2n) is 8.15. The molecule has 1 saturated carbocycles. The van der Waals surface area contributed by atoms with Crippen molar-refractivity contribution in [2.24, 2.45) is 5.41 Å². The van der Waals surface area contributed by atoms with Gasteiger partial charge in [-0.05, 0) is 37.1 Å². The Kier molecular flexibility index (Phi) is 4.00. The molecule has 4 N–H and O–H groups in total. The molecular formula is C22H26N6. The lowest BCUT2D eigenvalue weighted by Gasteiger charge is -2.38. The van der Waals surface area contributed by atoms with Crippen LogP contribution in [-0.2, 0) is 13.1 Å². The number of para-hydroxylation sites is 4. The standard InChI is InChI=1S/C22H26N6/c23-20-25-16-8-2-4-10-18(16)27(20)14-22(12-6-1-7-13-22)15-28-19-11-5-3-9-17(19)26-21(28)24/h2-5,8-11H,1,6-7,12-15H2,(H2,23,25)(H2,24,26). The van der Waals surface area contributed by atoms with Crippen LogP contribution in [0, 0.1) is 5.41 Å². The third-order valence-electron chi connectivity index (χ3n) is 6.27. The fourth-order valence-corrected chi connectivity index (χ4v) is 4.86. The van der Waals surface area contributed by atoms with Gasteiger partial charge in [0, 0.05) is 18.5 Å². The summed E-state index contributed by atoms with van der Waals surface area (Å²) >= 11 is 0. The Morgan fingerprint density at radius 2 is 1.18 bits per heavy atom. The van der Waals surface area contributed by atoms with Gasteiger partial charge in [0.15, 0.2) is 0 Å². The highest BCUT2D eigenvalue weighted by atomic mass is 15.2. The predicted molar refractivity (Wildman–Crippen MR) is 114 cm³/mol. The number of rotatable bonds is 4. The van der Waals surface area contributed by atoms with Gasteiger partial charge in [-0.2, -0.15) is 0 Å². The van der Waals surface area contributed by atoms with Crippen LogP contribution in [0.15, 0.2) is 48.5 Å². The minimum Gasteiger partial charge on any atom is -0.369 e. The van der Waals surface area contributed by atoms with E-state index in [2.05, 4.69) is 43.4 Å². The minimum atomic E-state index is 0.0907. The molecule has 2 aromatic carbocycles. The van der Waals surface area contributed by atoms with Crippen molar-refractivity contribution in [2.75, 3.05) is 11.5 Å². The van der Waals surface area contributed by atoms with E-state index in [1.54, 1.807) is 0 Å². The number of hydrogen-bond acceptors (Lipinski definition) is 4. The number of benzene rings is 2. The number of imidazole rings is 2. The molecule has 1 aliphatic carbocycles. The Hall–Kier alpha value is -3.02. The van der Waals surface area contributed by atoms with E-state index in [9.17, 15) is 0 Å². The average Bonchev–Trinajstić information content (AvgIpc) is 3.19. The van der Waals surface area contributed by atoms with E-state index < -0.39 is 0 Å². The summed E-state index contributed by atoms with van der Waals surface area (Å²) < 4.78 is 4.38. The molecule has 0 saturated heterocycles. The van der Waals surface area contributed by atoms with Gasteiger partial charge in [-0.15, -0.1) is 0 Å². The van der Waals surface area contributed by atoms with Crippen molar-refractivity contribution in [3.05, 3.63) is 48.5 Å². The molecule has 144 valence electrons. The van der Waals surface area contributed by atoms with Crippen molar-refractivity contribution in [2.45, 2.75) is 45.2 Å². The quantitative estimate of drug-likeness (QED) is 0.560. The van der Waals surface area contributed by atoms with Gasteiger partial charge in [0.05, 0.1) is 22.1 Å². The first-order valence-corrected chi connectivity index (χ1v) is 10.1. The highest BCUT2D eigenvalue weighted by Crippen LogP contribution is 2.41. The van der Waals surface area contributed by atoms with Gasteiger partial charge in [-0.3, -0.25) is 0 Å². The topological polar surface area (TPSA) is 87.7 Å². The van der Waals surface area contributed by atoms with Gasteiger partial charge in [-0.1, -0.05) is 43.5 Å². The lowest BCUT2D eigenvalue weighted by Crippen LogP contribution is -2.34. The smallest absolute Gasteiger partial charge is 0.201 e. The lowest BCUT2D eigenvalue weighted by atomic mass is 9.73. The van der Waals surface area contributed by atoms with Gasteiger partial charge >= 0.3 is 0 Å². The van der Waals surface area contributed by atoms with Gasteiger partial charge in [0.25, 0.3) is 0 Å². The van der Waals surface area contributed by atoms with Crippen molar-refractivity contribution in [1.29, 1.82) is 0 Å². The van der Waals surface area contributed by atoms with E-state index in [1.165, 1.54) is 19.3 Å². The summed E-state index contributed by atoms with van der Waals surface area (Å²) in [6.45, 7) is 1.70. The van der Waals surface area contributed by atoms with Crippen LogP contribution < -0.4 is 11.5 Å². The van der Waals surface area contributed by atoms with E-state index >= 15 is 0 Å². The Balaban J connectivity index is 1.57. The maximum atomic E-state index is 6.33. The number of nitrogens with two attached hydrogens (primary N) is 2. The first-order valence-electron chi connectivity index (χ1n) is 10.1. The predicted octanol–water partition coefficient (Wildman–Crippen LogP) is 4.20. The zero-order chi connectivity index (χ0) is 19.1. The van der Waals surface area contributed by atoms with Crippen LogP contribution in [0.3, 0.4) is 0 Å². The van der Waals surface area contributed by atoms with Gasteiger partial charge in [-0.25, -0.2) is 9.97 Å².